The van der Waals surface area contributed by atoms with Gasteiger partial charge in [-0.15, -0.1) is 12.4 Å². The summed E-state index contributed by atoms with van der Waals surface area (Å²) >= 11 is 0. The third kappa shape index (κ3) is 77.7. The van der Waals surface area contributed by atoms with E-state index in [1.807, 2.05) is 0 Å². The summed E-state index contributed by atoms with van der Waals surface area (Å²) in [5.74, 6) is 0. The molecule has 9 N–H and O–H groups in total. The van der Waals surface area contributed by atoms with Gasteiger partial charge in [0.2, 0.25) is 0 Å². The monoisotopic (exact) mass is 379 g/mol. The van der Waals surface area contributed by atoms with E-state index in [0.717, 1.165) is 0 Å². The fraction of sp³-hybridized carbons (Fsp3) is 1.00. The van der Waals surface area contributed by atoms with Crippen LogP contribution >= 0.6 is 12.4 Å². The minimum absolute atomic E-state index is 0. The van der Waals surface area contributed by atoms with Crippen molar-refractivity contribution in [3.8, 4) is 0 Å². The van der Waals surface area contributed by atoms with E-state index in [2.05, 4.69) is 25.7 Å². The fourth-order valence-electron chi connectivity index (χ4n) is 0.671. The van der Waals surface area contributed by atoms with Crippen molar-refractivity contribution in [2.45, 2.75) is 20.8 Å². The molecule has 0 aliphatic heterocycles. The van der Waals surface area contributed by atoms with Crippen LogP contribution in [0.3, 0.4) is 0 Å². The van der Waals surface area contributed by atoms with Crippen LogP contribution in [0.1, 0.15) is 20.8 Å². The van der Waals surface area contributed by atoms with Crippen molar-refractivity contribution in [1.29, 1.82) is 0 Å². The minimum atomic E-state index is 0. The van der Waals surface area contributed by atoms with Gasteiger partial charge < -0.3 is 37.4 Å². The van der Waals surface area contributed by atoms with Gasteiger partial charge in [-0.25, -0.2) is 0 Å². The molecule has 0 aromatic heterocycles. The van der Waals surface area contributed by atoms with Crippen LogP contribution in [0.5, 0.6) is 0 Å². The minimum Gasteiger partial charge on any atom is -0.395 e. The first-order chi connectivity index (χ1) is 9.09. The van der Waals surface area contributed by atoms with Crippen molar-refractivity contribution in [2.75, 3.05) is 59.1 Å². The van der Waals surface area contributed by atoms with E-state index in [-0.39, 0.29) is 49.0 Å². The zero-order chi connectivity index (χ0) is 15.9. The molecule has 9 heteroatoms. The number of aliphatic hydroxyl groups excluding tert-OH is 3. The Balaban J connectivity index is -0.0000000359. The molecule has 7 nitrogen and oxygen atoms in total. The number of halogens is 1. The molecule has 0 aromatic carbocycles. The van der Waals surface area contributed by atoms with E-state index >= 15 is 0 Å². The van der Waals surface area contributed by atoms with E-state index in [0.29, 0.717) is 19.6 Å². The Hall–Kier alpha value is 0.516. The largest absolute Gasteiger partial charge is 0.395 e. The van der Waals surface area contributed by atoms with Crippen molar-refractivity contribution >= 4 is 12.4 Å². The zero-order valence-electron chi connectivity index (χ0n) is 13.6. The molecular formula is C12H37ClCoN4O3. The van der Waals surface area contributed by atoms with Gasteiger partial charge in [0.1, 0.15) is 0 Å². The molecule has 0 bridgehead atoms. The van der Waals surface area contributed by atoms with E-state index in [4.69, 9.17) is 32.5 Å². The van der Waals surface area contributed by atoms with Gasteiger partial charge in [-0.2, -0.15) is 0 Å². The van der Waals surface area contributed by atoms with Gasteiger partial charge in [0.25, 0.3) is 0 Å². The average Bonchev–Trinajstić information content (AvgIpc) is 2.49. The van der Waals surface area contributed by atoms with Gasteiger partial charge in [0.05, 0.1) is 19.8 Å². The molecule has 0 saturated heterocycles. The second kappa shape index (κ2) is 49.9. The van der Waals surface area contributed by atoms with Crippen molar-refractivity contribution in [3.05, 3.63) is 0 Å². The van der Waals surface area contributed by atoms with Gasteiger partial charge in [0.15, 0.2) is 0 Å². The van der Waals surface area contributed by atoms with Gasteiger partial charge in [-0.1, -0.05) is 20.8 Å². The second-order valence-corrected chi connectivity index (χ2v) is 3.16. The third-order valence-electron chi connectivity index (χ3n) is 1.73. The Morgan fingerprint density at radius 1 is 0.667 bits per heavy atom. The molecule has 0 spiro atoms. The molecule has 1 radical (unpaired) electrons. The van der Waals surface area contributed by atoms with Crippen LogP contribution < -0.4 is 17.2 Å². The smallest absolute Gasteiger partial charge is 0.0553 e. The first-order valence-corrected chi connectivity index (χ1v) is 6.74. The molecular weight excluding hydrogens is 343 g/mol. The molecule has 0 atom stereocenters. The average molecular weight is 380 g/mol. The molecule has 0 aromatic rings. The SMILES string of the molecule is CCN(CC)CC.Cl.NCCO.NCCO.NCCO.[Co]. The Labute approximate surface area is 146 Å². The quantitative estimate of drug-likeness (QED) is 0.332. The predicted octanol–water partition coefficient (Wildman–Crippen LogP) is -1.42. The standard InChI is InChI=1S/C6H15N.3C2H7NO.ClH.Co/c1-4-7(5-2)6-3;3*3-1-2-4;;/h4-6H2,1-3H3;3*4H,1-3H2;1H;. The number of nitrogens with two attached hydrogens (primary N) is 3. The van der Waals surface area contributed by atoms with Gasteiger partial charge in [0, 0.05) is 36.4 Å². The number of rotatable bonds is 6. The number of hydrogen-bond donors (Lipinski definition) is 6. The molecule has 139 valence electrons. The Bertz CT molecular complexity index is 97.5. The topological polar surface area (TPSA) is 142 Å². The van der Waals surface area contributed by atoms with Gasteiger partial charge >= 0.3 is 0 Å². The molecule has 0 fully saturated rings. The van der Waals surface area contributed by atoms with Crippen LogP contribution in [-0.4, -0.2) is 79.3 Å². The van der Waals surface area contributed by atoms with Gasteiger partial charge in [-0.3, -0.25) is 0 Å². The molecule has 0 unspecified atom stereocenters. The number of nitrogens with zero attached hydrogens (tertiary/aromatic N) is 1. The molecule has 0 heterocycles. The van der Waals surface area contributed by atoms with Crippen LogP contribution in [0.2, 0.25) is 0 Å². The summed E-state index contributed by atoms with van der Waals surface area (Å²) in [7, 11) is 0. The number of hydrogen-bond acceptors (Lipinski definition) is 7. The molecule has 21 heavy (non-hydrogen) atoms. The van der Waals surface area contributed by atoms with Crippen LogP contribution in [0.15, 0.2) is 0 Å². The van der Waals surface area contributed by atoms with Crippen LogP contribution in [0, 0.1) is 0 Å². The van der Waals surface area contributed by atoms with Crippen molar-refractivity contribution < 1.29 is 32.1 Å². The first-order valence-electron chi connectivity index (χ1n) is 6.74. The molecule has 0 aliphatic rings. The third-order valence-corrected chi connectivity index (χ3v) is 1.73. The van der Waals surface area contributed by atoms with E-state index in [1.165, 1.54) is 19.6 Å². The first kappa shape index (κ1) is 37.6. The Kier molecular flexibility index (Phi) is 89.4. The summed E-state index contributed by atoms with van der Waals surface area (Å²) in [6.07, 6.45) is 0. The predicted molar refractivity (Wildman–Crippen MR) is 89.1 cm³/mol. The zero-order valence-corrected chi connectivity index (χ0v) is 15.5. The Morgan fingerprint density at radius 3 is 0.810 bits per heavy atom. The van der Waals surface area contributed by atoms with Crippen molar-refractivity contribution in [1.82, 2.24) is 4.90 Å². The molecule has 0 rings (SSSR count). The van der Waals surface area contributed by atoms with Gasteiger partial charge in [-0.05, 0) is 19.6 Å². The summed E-state index contributed by atoms with van der Waals surface area (Å²) in [5, 5.41) is 23.2. The maximum absolute atomic E-state index is 7.75. The normalized spacial score (nSPS) is 7.71. The molecule has 0 amide bonds. The van der Waals surface area contributed by atoms with E-state index in [1.54, 1.807) is 0 Å². The second-order valence-electron chi connectivity index (χ2n) is 3.16. The van der Waals surface area contributed by atoms with Crippen LogP contribution in [0.25, 0.3) is 0 Å². The number of aliphatic hydroxyl groups is 3. The summed E-state index contributed by atoms with van der Waals surface area (Å²) in [6.45, 7) is 11.5. The maximum Gasteiger partial charge on any atom is 0.0553 e. The van der Waals surface area contributed by atoms with E-state index < -0.39 is 0 Å². The summed E-state index contributed by atoms with van der Waals surface area (Å²) < 4.78 is 0. The summed E-state index contributed by atoms with van der Waals surface area (Å²) in [5.41, 5.74) is 14.3. The van der Waals surface area contributed by atoms with Crippen molar-refractivity contribution in [3.63, 3.8) is 0 Å². The van der Waals surface area contributed by atoms with E-state index in [9.17, 15) is 0 Å². The summed E-state index contributed by atoms with van der Waals surface area (Å²) in [6, 6.07) is 0. The Morgan fingerprint density at radius 2 is 0.810 bits per heavy atom. The molecule has 0 aliphatic carbocycles. The molecule has 0 saturated carbocycles. The van der Waals surface area contributed by atoms with Crippen LogP contribution in [-0.2, 0) is 16.8 Å². The van der Waals surface area contributed by atoms with Crippen LogP contribution in [0.4, 0.5) is 0 Å². The summed E-state index contributed by atoms with van der Waals surface area (Å²) in [4.78, 5) is 2.38. The fourth-order valence-corrected chi connectivity index (χ4v) is 0.671. The maximum atomic E-state index is 7.75. The van der Waals surface area contributed by atoms with Crippen molar-refractivity contribution in [2.24, 2.45) is 17.2 Å².